The topological polar surface area (TPSA) is 74.7 Å². The molecule has 2 heterocycles. The summed E-state index contributed by atoms with van der Waals surface area (Å²) in [5.74, 6) is 0.869. The molecular formula is C10H14N4O2. The van der Waals surface area contributed by atoms with Crippen molar-refractivity contribution in [1.82, 2.24) is 14.4 Å². The van der Waals surface area contributed by atoms with Crippen molar-refractivity contribution in [3.05, 3.63) is 18.6 Å². The fraction of sp³-hybridized carbons (Fsp3) is 0.400. The molecule has 0 aromatic carbocycles. The molecule has 2 rings (SSSR count). The van der Waals surface area contributed by atoms with Crippen LogP contribution in [0.15, 0.2) is 18.6 Å². The summed E-state index contributed by atoms with van der Waals surface area (Å²) in [4.78, 5) is 8.25. The van der Waals surface area contributed by atoms with Gasteiger partial charge in [0.15, 0.2) is 0 Å². The standard InChI is InChI=1S/C10H14N4O2/c1-15-5-2-6-16-10-9-12-3-4-14(9)7-8(11)13-10/h3-4,7H,2,5-6,11H2,1H3. The first kappa shape index (κ1) is 10.7. The van der Waals surface area contributed by atoms with E-state index in [2.05, 4.69) is 9.97 Å². The molecule has 86 valence electrons. The second-order valence-corrected chi connectivity index (χ2v) is 3.32. The van der Waals surface area contributed by atoms with Gasteiger partial charge in [-0.05, 0) is 0 Å². The Hall–Kier alpha value is -1.82. The van der Waals surface area contributed by atoms with Gasteiger partial charge in [-0.1, -0.05) is 0 Å². The van der Waals surface area contributed by atoms with Crippen LogP contribution in [0.2, 0.25) is 0 Å². The third kappa shape index (κ3) is 2.22. The summed E-state index contributed by atoms with van der Waals surface area (Å²) in [5.41, 5.74) is 6.32. The Labute approximate surface area is 93.0 Å². The number of anilines is 1. The number of imidazole rings is 1. The van der Waals surface area contributed by atoms with Crippen molar-refractivity contribution in [2.75, 3.05) is 26.1 Å². The molecule has 0 saturated carbocycles. The van der Waals surface area contributed by atoms with Crippen LogP contribution in [-0.4, -0.2) is 34.7 Å². The minimum atomic E-state index is 0.409. The van der Waals surface area contributed by atoms with Crippen LogP contribution in [0.4, 0.5) is 5.82 Å². The number of methoxy groups -OCH3 is 1. The minimum Gasteiger partial charge on any atom is -0.475 e. The molecule has 0 spiro atoms. The molecule has 0 atom stereocenters. The molecule has 0 aliphatic rings. The van der Waals surface area contributed by atoms with Gasteiger partial charge in [-0.15, -0.1) is 0 Å². The molecule has 2 N–H and O–H groups in total. The number of ether oxygens (including phenoxy) is 2. The maximum absolute atomic E-state index is 5.65. The van der Waals surface area contributed by atoms with Gasteiger partial charge in [-0.3, -0.25) is 4.40 Å². The fourth-order valence-corrected chi connectivity index (χ4v) is 1.39. The molecule has 0 aliphatic carbocycles. The van der Waals surface area contributed by atoms with Gasteiger partial charge in [-0.2, -0.15) is 4.98 Å². The summed E-state index contributed by atoms with van der Waals surface area (Å²) in [6.45, 7) is 1.19. The van der Waals surface area contributed by atoms with Gasteiger partial charge in [0.05, 0.1) is 12.8 Å². The number of hydrogen-bond donors (Lipinski definition) is 1. The Kier molecular flexibility index (Phi) is 3.21. The van der Waals surface area contributed by atoms with E-state index in [1.54, 1.807) is 30.1 Å². The molecule has 0 bridgehead atoms. The number of nitrogens with zero attached hydrogens (tertiary/aromatic N) is 3. The zero-order valence-corrected chi connectivity index (χ0v) is 9.09. The normalized spacial score (nSPS) is 10.8. The Balaban J connectivity index is 2.12. The highest BCUT2D eigenvalue weighted by Gasteiger charge is 2.06. The molecule has 0 fully saturated rings. The van der Waals surface area contributed by atoms with Crippen LogP contribution in [0.3, 0.4) is 0 Å². The highest BCUT2D eigenvalue weighted by Crippen LogP contribution is 2.16. The molecule has 6 heteroatoms. The summed E-state index contributed by atoms with van der Waals surface area (Å²) in [5, 5.41) is 0. The van der Waals surface area contributed by atoms with E-state index in [0.717, 1.165) is 6.42 Å². The largest absolute Gasteiger partial charge is 0.475 e. The summed E-state index contributed by atoms with van der Waals surface area (Å²) >= 11 is 0. The lowest BCUT2D eigenvalue weighted by molar-refractivity contribution is 0.171. The van der Waals surface area contributed by atoms with Crippen molar-refractivity contribution in [1.29, 1.82) is 0 Å². The zero-order valence-electron chi connectivity index (χ0n) is 9.09. The van der Waals surface area contributed by atoms with Gasteiger partial charge < -0.3 is 15.2 Å². The van der Waals surface area contributed by atoms with Crippen molar-refractivity contribution >= 4 is 11.5 Å². The van der Waals surface area contributed by atoms with Gasteiger partial charge in [-0.25, -0.2) is 4.98 Å². The van der Waals surface area contributed by atoms with Gasteiger partial charge >= 0.3 is 0 Å². The van der Waals surface area contributed by atoms with Crippen LogP contribution in [0, 0.1) is 0 Å². The minimum absolute atomic E-state index is 0.409. The van der Waals surface area contributed by atoms with Gasteiger partial charge in [0, 0.05) is 32.5 Å². The van der Waals surface area contributed by atoms with Crippen LogP contribution in [-0.2, 0) is 4.74 Å². The van der Waals surface area contributed by atoms with Crippen molar-refractivity contribution in [2.45, 2.75) is 6.42 Å². The van der Waals surface area contributed by atoms with Crippen LogP contribution >= 0.6 is 0 Å². The molecule has 2 aromatic rings. The number of aromatic nitrogens is 3. The lowest BCUT2D eigenvalue weighted by Crippen LogP contribution is -2.05. The average molecular weight is 222 g/mol. The summed E-state index contributed by atoms with van der Waals surface area (Å²) < 4.78 is 12.2. The maximum atomic E-state index is 5.65. The third-order valence-corrected chi connectivity index (χ3v) is 2.09. The molecule has 6 nitrogen and oxygen atoms in total. The summed E-state index contributed by atoms with van der Waals surface area (Å²) in [7, 11) is 1.66. The second kappa shape index (κ2) is 4.80. The predicted octanol–water partition coefficient (Wildman–Crippen LogP) is 0.727. The molecule has 0 radical (unpaired) electrons. The van der Waals surface area contributed by atoms with E-state index in [-0.39, 0.29) is 0 Å². The maximum Gasteiger partial charge on any atom is 0.260 e. The van der Waals surface area contributed by atoms with E-state index < -0.39 is 0 Å². The first-order valence-electron chi connectivity index (χ1n) is 5.02. The van der Waals surface area contributed by atoms with Crippen molar-refractivity contribution in [2.24, 2.45) is 0 Å². The number of nitrogen functional groups attached to an aromatic ring is 1. The van der Waals surface area contributed by atoms with E-state index in [4.69, 9.17) is 15.2 Å². The lowest BCUT2D eigenvalue weighted by Gasteiger charge is -2.06. The Morgan fingerprint density at radius 2 is 2.31 bits per heavy atom. The first-order chi connectivity index (χ1) is 7.81. The number of nitrogens with two attached hydrogens (primary N) is 1. The molecule has 16 heavy (non-hydrogen) atoms. The molecular weight excluding hydrogens is 208 g/mol. The van der Waals surface area contributed by atoms with Crippen LogP contribution in [0.5, 0.6) is 5.88 Å². The predicted molar refractivity (Wildman–Crippen MR) is 59.4 cm³/mol. The highest BCUT2D eigenvalue weighted by atomic mass is 16.5. The molecule has 0 aliphatic heterocycles. The van der Waals surface area contributed by atoms with Gasteiger partial charge in [0.2, 0.25) is 5.65 Å². The number of rotatable bonds is 5. The number of fused-ring (bicyclic) bond motifs is 1. The van der Waals surface area contributed by atoms with E-state index >= 15 is 0 Å². The average Bonchev–Trinajstić information content (AvgIpc) is 2.72. The molecule has 2 aromatic heterocycles. The van der Waals surface area contributed by atoms with E-state index in [1.165, 1.54) is 0 Å². The monoisotopic (exact) mass is 222 g/mol. The molecule has 0 amide bonds. The smallest absolute Gasteiger partial charge is 0.260 e. The second-order valence-electron chi connectivity index (χ2n) is 3.32. The van der Waals surface area contributed by atoms with Crippen molar-refractivity contribution in [3.8, 4) is 5.88 Å². The number of hydrogen-bond acceptors (Lipinski definition) is 5. The molecule has 0 saturated heterocycles. The van der Waals surface area contributed by atoms with E-state index in [1.807, 2.05) is 0 Å². The quantitative estimate of drug-likeness (QED) is 0.755. The van der Waals surface area contributed by atoms with Crippen molar-refractivity contribution in [3.63, 3.8) is 0 Å². The summed E-state index contributed by atoms with van der Waals surface area (Å²) in [6, 6.07) is 0. The van der Waals surface area contributed by atoms with Crippen LogP contribution < -0.4 is 10.5 Å². The Bertz CT molecular complexity index is 469. The van der Waals surface area contributed by atoms with E-state index in [9.17, 15) is 0 Å². The van der Waals surface area contributed by atoms with Crippen LogP contribution in [0.25, 0.3) is 5.65 Å². The Morgan fingerprint density at radius 1 is 1.44 bits per heavy atom. The van der Waals surface area contributed by atoms with Crippen LogP contribution in [0.1, 0.15) is 6.42 Å². The molecule has 0 unspecified atom stereocenters. The Morgan fingerprint density at radius 3 is 3.12 bits per heavy atom. The van der Waals surface area contributed by atoms with Gasteiger partial charge in [0.1, 0.15) is 5.82 Å². The zero-order chi connectivity index (χ0) is 11.4. The van der Waals surface area contributed by atoms with Gasteiger partial charge in [0.25, 0.3) is 5.88 Å². The van der Waals surface area contributed by atoms with E-state index in [0.29, 0.717) is 30.6 Å². The first-order valence-corrected chi connectivity index (χ1v) is 5.02. The lowest BCUT2D eigenvalue weighted by atomic mass is 10.5. The third-order valence-electron chi connectivity index (χ3n) is 2.09. The fourth-order valence-electron chi connectivity index (χ4n) is 1.39. The SMILES string of the molecule is COCCCOc1nc(N)cn2ccnc12. The van der Waals surface area contributed by atoms with Crippen molar-refractivity contribution < 1.29 is 9.47 Å². The highest BCUT2D eigenvalue weighted by molar-refractivity contribution is 5.52. The summed E-state index contributed by atoms with van der Waals surface area (Å²) in [6.07, 6.45) is 5.98.